The van der Waals surface area contributed by atoms with E-state index < -0.39 is 48.6 Å². The van der Waals surface area contributed by atoms with Crippen LogP contribution in [0.2, 0.25) is 0 Å². The zero-order chi connectivity index (χ0) is 44.2. The number of carbonyl (C=O) groups is 3. The molecule has 4 aromatic rings. The Morgan fingerprint density at radius 2 is 1.11 bits per heavy atom. The van der Waals surface area contributed by atoms with Crippen LogP contribution in [0, 0.1) is 35.6 Å². The van der Waals surface area contributed by atoms with E-state index in [1.165, 1.54) is 14.2 Å². The average molecular weight is 885 g/mol. The SMILES string of the molecule is COC(=O)NC(C(=O)N1C(c2nc(-c3ccc(-c4ccc(-c5nc(C6CC7CC7N6C(=O)C(NC(O)OC)C6CCOCC6)[nH]c5F)cc4)cc3)c(F)[nH]2)CC2CC21)C1CCOCC1. The summed E-state index contributed by atoms with van der Waals surface area (Å²) in [5, 5.41) is 16.1. The Bertz CT molecular complexity index is 2350. The molecule has 6 fully saturated rings. The third-order valence-electron chi connectivity index (χ3n) is 14.4. The first kappa shape index (κ1) is 42.7. The van der Waals surface area contributed by atoms with E-state index in [0.717, 1.165) is 24.0 Å². The van der Waals surface area contributed by atoms with Gasteiger partial charge in [-0.1, -0.05) is 48.5 Å². The maximum atomic E-state index is 15.7. The van der Waals surface area contributed by atoms with Crippen molar-refractivity contribution in [3.05, 3.63) is 72.1 Å². The number of H-pyrrole nitrogens is 2. The first-order chi connectivity index (χ1) is 31.1. The molecule has 4 aliphatic heterocycles. The summed E-state index contributed by atoms with van der Waals surface area (Å²) in [5.74, 6) is -0.378. The number of halogens is 2. The van der Waals surface area contributed by atoms with Gasteiger partial charge in [-0.25, -0.2) is 14.8 Å². The lowest BCUT2D eigenvalue weighted by atomic mass is 9.90. The van der Waals surface area contributed by atoms with Crippen molar-refractivity contribution in [3.63, 3.8) is 0 Å². The Hall–Kier alpha value is -5.27. The molecule has 2 aliphatic carbocycles. The molecule has 3 amide bonds. The topological polar surface area (TPSA) is 196 Å². The molecule has 340 valence electrons. The van der Waals surface area contributed by atoms with E-state index in [0.29, 0.717) is 93.6 Å². The number of fused-ring (bicyclic) bond motifs is 2. The number of rotatable bonds is 13. The lowest BCUT2D eigenvalue weighted by Crippen LogP contribution is -2.55. The summed E-state index contributed by atoms with van der Waals surface area (Å²) in [7, 11) is 2.64. The van der Waals surface area contributed by atoms with Gasteiger partial charge >= 0.3 is 6.09 Å². The van der Waals surface area contributed by atoms with Gasteiger partial charge in [0.2, 0.25) is 30.1 Å². The van der Waals surface area contributed by atoms with Crippen LogP contribution in [0.15, 0.2) is 48.5 Å². The third kappa shape index (κ3) is 8.18. The lowest BCUT2D eigenvalue weighted by Gasteiger charge is -2.36. The molecule has 16 nitrogen and oxygen atoms in total. The minimum Gasteiger partial charge on any atom is -0.453 e. The molecule has 0 radical (unpaired) electrons. The number of aromatic nitrogens is 4. The van der Waals surface area contributed by atoms with Crippen LogP contribution in [-0.2, 0) is 28.5 Å². The summed E-state index contributed by atoms with van der Waals surface area (Å²) < 4.78 is 52.3. The van der Waals surface area contributed by atoms with Crippen LogP contribution < -0.4 is 10.6 Å². The van der Waals surface area contributed by atoms with Gasteiger partial charge in [0.25, 0.3) is 0 Å². The predicted octanol–water partition coefficient (Wildman–Crippen LogP) is 5.19. The second-order valence-electron chi connectivity index (χ2n) is 18.1. The molecule has 6 heterocycles. The molecular weight excluding hydrogens is 831 g/mol. The predicted molar refractivity (Wildman–Crippen MR) is 226 cm³/mol. The van der Waals surface area contributed by atoms with E-state index in [9.17, 15) is 19.5 Å². The van der Waals surface area contributed by atoms with E-state index in [1.54, 1.807) is 29.2 Å². The number of carbonyl (C=O) groups excluding carboxylic acids is 3. The second kappa shape index (κ2) is 17.6. The summed E-state index contributed by atoms with van der Waals surface area (Å²) >= 11 is 0. The zero-order valence-corrected chi connectivity index (χ0v) is 35.8. The number of methoxy groups -OCH3 is 2. The van der Waals surface area contributed by atoms with Gasteiger partial charge in [0, 0.05) is 56.7 Å². The minimum atomic E-state index is -1.31. The largest absolute Gasteiger partial charge is 0.453 e. The number of piperidine rings is 2. The van der Waals surface area contributed by atoms with Crippen LogP contribution in [0.3, 0.4) is 0 Å². The van der Waals surface area contributed by atoms with Crippen molar-refractivity contribution < 1.29 is 47.2 Å². The van der Waals surface area contributed by atoms with Crippen molar-refractivity contribution in [3.8, 4) is 33.6 Å². The Labute approximate surface area is 368 Å². The van der Waals surface area contributed by atoms with Crippen LogP contribution in [-0.4, -0.2) is 124 Å². The Morgan fingerprint density at radius 1 is 0.688 bits per heavy atom. The first-order valence-corrected chi connectivity index (χ1v) is 22.4. The number of aromatic amines is 2. The van der Waals surface area contributed by atoms with E-state index in [4.69, 9.17) is 28.9 Å². The van der Waals surface area contributed by atoms with Gasteiger partial charge < -0.3 is 49.1 Å². The smallest absolute Gasteiger partial charge is 0.407 e. The average Bonchev–Trinajstić information content (AvgIpc) is 4.04. The minimum absolute atomic E-state index is 0.00744. The van der Waals surface area contributed by atoms with Crippen LogP contribution in [0.5, 0.6) is 0 Å². The molecule has 10 rings (SSSR count). The molecule has 2 saturated carbocycles. The number of hydrogen-bond donors (Lipinski definition) is 5. The van der Waals surface area contributed by atoms with Crippen molar-refractivity contribution in [2.75, 3.05) is 40.6 Å². The highest BCUT2D eigenvalue weighted by atomic mass is 19.1. The van der Waals surface area contributed by atoms with Gasteiger partial charge in [0.05, 0.1) is 25.2 Å². The molecule has 0 spiro atoms. The number of aliphatic hydroxyl groups is 1. The number of alkyl carbamates (subject to hydrolysis) is 1. The molecular formula is C46H54F2N8O8. The highest BCUT2D eigenvalue weighted by Crippen LogP contribution is 2.55. The summed E-state index contributed by atoms with van der Waals surface area (Å²) in [4.78, 5) is 59.5. The van der Waals surface area contributed by atoms with Crippen molar-refractivity contribution in [2.24, 2.45) is 23.7 Å². The third-order valence-corrected chi connectivity index (χ3v) is 14.4. The molecule has 0 bridgehead atoms. The number of imidazole rings is 2. The normalized spacial score (nSPS) is 26.8. The number of hydrogen-bond acceptors (Lipinski definition) is 11. The first-order valence-electron chi connectivity index (χ1n) is 22.4. The Balaban J connectivity index is 0.828. The van der Waals surface area contributed by atoms with Crippen molar-refractivity contribution in [1.82, 2.24) is 40.4 Å². The Kier molecular flexibility index (Phi) is 11.7. The fourth-order valence-electron chi connectivity index (χ4n) is 10.7. The number of nitrogens with one attached hydrogen (secondary N) is 4. The molecule has 4 saturated heterocycles. The molecule has 9 unspecified atom stereocenters. The van der Waals surface area contributed by atoms with E-state index in [-0.39, 0.29) is 53.0 Å². The van der Waals surface area contributed by atoms with Crippen molar-refractivity contribution in [1.29, 1.82) is 0 Å². The summed E-state index contributed by atoms with van der Waals surface area (Å²) in [6.45, 7) is 2.06. The summed E-state index contributed by atoms with van der Waals surface area (Å²) in [5.41, 5.74) is 3.13. The van der Waals surface area contributed by atoms with Gasteiger partial charge in [0.1, 0.15) is 29.1 Å². The summed E-state index contributed by atoms with van der Waals surface area (Å²) in [6.07, 6.45) is 3.65. The quantitative estimate of drug-likeness (QED) is 0.111. The number of amides is 3. The maximum Gasteiger partial charge on any atom is 0.407 e. The number of nitrogens with zero attached hydrogens (tertiary/aromatic N) is 4. The van der Waals surface area contributed by atoms with Crippen LogP contribution >= 0.6 is 0 Å². The van der Waals surface area contributed by atoms with Gasteiger partial charge in [-0.2, -0.15) is 8.78 Å². The van der Waals surface area contributed by atoms with Crippen molar-refractivity contribution in [2.45, 2.75) is 94.0 Å². The second-order valence-corrected chi connectivity index (χ2v) is 18.1. The molecule has 9 atom stereocenters. The Morgan fingerprint density at radius 3 is 1.55 bits per heavy atom. The standard InChI is InChI=1S/C46H54F2N8O8/c1-61-45(59)51-37(27-11-15-63-16-12-27)43(57)55-31-19-29(31)21-33(55)41-49-35(39(47)53-41)25-7-3-23(4-8-25)24-5-9-26(10-6-24)36-40(48)54-42(50-36)34-22-30-20-32(30)56(34)44(58)38(52-46(60)62-2)28-13-17-64-18-14-28/h3-10,27-34,37-38,45,51,59H,11-22H2,1-2H3,(H,49,53)(H,50,54)(H,52,60). The van der Waals surface area contributed by atoms with Gasteiger partial charge in [-0.05, 0) is 86.2 Å². The molecule has 5 N–H and O–H groups in total. The number of likely N-dealkylation sites (tertiary alicyclic amines) is 2. The number of benzene rings is 2. The van der Waals surface area contributed by atoms with Crippen molar-refractivity contribution >= 4 is 17.9 Å². The molecule has 6 aliphatic rings. The van der Waals surface area contributed by atoms with Crippen LogP contribution in [0.1, 0.15) is 75.1 Å². The molecule has 64 heavy (non-hydrogen) atoms. The highest BCUT2D eigenvalue weighted by Gasteiger charge is 2.58. The van der Waals surface area contributed by atoms with E-state index >= 15 is 8.78 Å². The molecule has 18 heteroatoms. The number of aliphatic hydroxyl groups excluding tert-OH is 1. The maximum absolute atomic E-state index is 15.7. The van der Waals surface area contributed by atoms with Crippen LogP contribution in [0.25, 0.3) is 33.6 Å². The van der Waals surface area contributed by atoms with E-state index in [2.05, 4.69) is 20.6 Å². The van der Waals surface area contributed by atoms with Gasteiger partial charge in [0.15, 0.2) is 0 Å². The highest BCUT2D eigenvalue weighted by molar-refractivity contribution is 5.87. The fourth-order valence-corrected chi connectivity index (χ4v) is 10.7. The van der Waals surface area contributed by atoms with Gasteiger partial charge in [-0.3, -0.25) is 14.9 Å². The zero-order valence-electron chi connectivity index (χ0n) is 35.8. The van der Waals surface area contributed by atoms with Gasteiger partial charge in [-0.15, -0.1) is 0 Å². The number of ether oxygens (including phenoxy) is 4. The fraction of sp³-hybridized carbons (Fsp3) is 0.543. The summed E-state index contributed by atoms with van der Waals surface area (Å²) in [6, 6.07) is 12.3. The van der Waals surface area contributed by atoms with Crippen LogP contribution in [0.4, 0.5) is 13.6 Å². The molecule has 2 aromatic heterocycles. The molecule has 2 aromatic carbocycles. The monoisotopic (exact) mass is 884 g/mol. The lowest BCUT2D eigenvalue weighted by molar-refractivity contribution is -0.148. The van der Waals surface area contributed by atoms with E-state index in [1.807, 2.05) is 29.2 Å².